The predicted octanol–water partition coefficient (Wildman–Crippen LogP) is 2.01. The maximum Gasteiger partial charge on any atom is 0.354 e. The second kappa shape index (κ2) is 5.61. The molecule has 4 heteroatoms. The van der Waals surface area contributed by atoms with Crippen molar-refractivity contribution in [2.45, 2.75) is 33.4 Å². The van der Waals surface area contributed by atoms with E-state index in [1.807, 2.05) is 6.07 Å². The van der Waals surface area contributed by atoms with Crippen molar-refractivity contribution in [2.24, 2.45) is 0 Å². The largest absolute Gasteiger partial charge is 0.477 e. The van der Waals surface area contributed by atoms with E-state index < -0.39 is 5.97 Å². The number of rotatable bonds is 5. The van der Waals surface area contributed by atoms with Crippen LogP contribution in [0.5, 0.6) is 0 Å². The predicted molar refractivity (Wildman–Crippen MR) is 62.4 cm³/mol. The Morgan fingerprint density at radius 3 is 2.69 bits per heavy atom. The zero-order chi connectivity index (χ0) is 12.1. The van der Waals surface area contributed by atoms with Crippen molar-refractivity contribution < 1.29 is 9.90 Å². The van der Waals surface area contributed by atoms with Gasteiger partial charge >= 0.3 is 5.97 Å². The lowest BCUT2D eigenvalue weighted by molar-refractivity contribution is 0.0690. The Morgan fingerprint density at radius 1 is 1.50 bits per heavy atom. The molecule has 0 fully saturated rings. The molecule has 0 amide bonds. The minimum Gasteiger partial charge on any atom is -0.477 e. The first kappa shape index (κ1) is 12.6. The summed E-state index contributed by atoms with van der Waals surface area (Å²) >= 11 is 0. The van der Waals surface area contributed by atoms with Crippen molar-refractivity contribution in [3.63, 3.8) is 0 Å². The fraction of sp³-hybridized carbons (Fsp3) is 0.500. The number of hydrogen-bond acceptors (Lipinski definition) is 3. The average Bonchev–Trinajstić information content (AvgIpc) is 2.25. The lowest BCUT2D eigenvalue weighted by atomic mass is 10.2. The third-order valence-electron chi connectivity index (χ3n) is 2.53. The van der Waals surface area contributed by atoms with Crippen molar-refractivity contribution in [2.75, 3.05) is 6.54 Å². The number of aromatic nitrogens is 1. The van der Waals surface area contributed by atoms with E-state index >= 15 is 0 Å². The van der Waals surface area contributed by atoms with Gasteiger partial charge in [0.25, 0.3) is 0 Å². The normalized spacial score (nSPS) is 11.1. The molecule has 0 saturated carbocycles. The van der Waals surface area contributed by atoms with Crippen LogP contribution in [0, 0.1) is 0 Å². The highest BCUT2D eigenvalue weighted by atomic mass is 16.4. The molecule has 0 radical (unpaired) electrons. The van der Waals surface area contributed by atoms with Crippen LogP contribution in [0.15, 0.2) is 18.2 Å². The summed E-state index contributed by atoms with van der Waals surface area (Å²) in [7, 11) is 0. The topological polar surface area (TPSA) is 53.4 Å². The van der Waals surface area contributed by atoms with Crippen molar-refractivity contribution in [3.8, 4) is 0 Å². The van der Waals surface area contributed by atoms with Crippen molar-refractivity contribution in [1.29, 1.82) is 0 Å². The Bertz CT molecular complexity index is 364. The van der Waals surface area contributed by atoms with Gasteiger partial charge in [-0.1, -0.05) is 13.0 Å². The van der Waals surface area contributed by atoms with E-state index in [1.165, 1.54) is 6.07 Å². The lowest BCUT2D eigenvalue weighted by Gasteiger charge is -2.24. The molecule has 0 aliphatic heterocycles. The van der Waals surface area contributed by atoms with Crippen molar-refractivity contribution in [3.05, 3.63) is 29.6 Å². The number of nitrogens with zero attached hydrogens (tertiary/aromatic N) is 2. The molecule has 0 aliphatic rings. The summed E-state index contributed by atoms with van der Waals surface area (Å²) in [4.78, 5) is 17.1. The van der Waals surface area contributed by atoms with E-state index in [4.69, 9.17) is 5.11 Å². The second-order valence-corrected chi connectivity index (χ2v) is 3.98. The first-order chi connectivity index (χ1) is 7.54. The van der Waals surface area contributed by atoms with E-state index in [1.54, 1.807) is 6.07 Å². The summed E-state index contributed by atoms with van der Waals surface area (Å²) in [5.74, 6) is -0.977. The number of hydrogen-bond donors (Lipinski definition) is 1. The second-order valence-electron chi connectivity index (χ2n) is 3.98. The Kier molecular flexibility index (Phi) is 4.43. The Balaban J connectivity index is 2.80. The van der Waals surface area contributed by atoms with Crippen LogP contribution in [0.3, 0.4) is 0 Å². The third kappa shape index (κ3) is 3.31. The van der Waals surface area contributed by atoms with E-state index in [0.29, 0.717) is 12.6 Å². The standard InChI is InChI=1S/C12H18N2O2/c1-4-14(9(2)3)8-10-6-5-7-11(13-10)12(15)16/h5-7,9H,4,8H2,1-3H3,(H,15,16). The highest BCUT2D eigenvalue weighted by molar-refractivity contribution is 5.85. The van der Waals surface area contributed by atoms with Gasteiger partial charge in [0.2, 0.25) is 0 Å². The zero-order valence-corrected chi connectivity index (χ0v) is 9.97. The highest BCUT2D eigenvalue weighted by Gasteiger charge is 2.10. The molecule has 0 saturated heterocycles. The van der Waals surface area contributed by atoms with Crippen LogP contribution < -0.4 is 0 Å². The number of carboxylic acid groups (broad SMARTS) is 1. The molecular weight excluding hydrogens is 204 g/mol. The fourth-order valence-electron chi connectivity index (χ4n) is 1.55. The molecule has 1 N–H and O–H groups in total. The fourth-order valence-corrected chi connectivity index (χ4v) is 1.55. The quantitative estimate of drug-likeness (QED) is 0.828. The van der Waals surface area contributed by atoms with Gasteiger partial charge in [0.15, 0.2) is 0 Å². The van der Waals surface area contributed by atoms with E-state index in [9.17, 15) is 4.79 Å². The summed E-state index contributed by atoms with van der Waals surface area (Å²) in [6.45, 7) is 7.93. The van der Waals surface area contributed by atoms with Gasteiger partial charge < -0.3 is 5.11 Å². The van der Waals surface area contributed by atoms with Gasteiger partial charge in [-0.2, -0.15) is 0 Å². The van der Waals surface area contributed by atoms with Gasteiger partial charge in [0, 0.05) is 12.6 Å². The van der Waals surface area contributed by atoms with Gasteiger partial charge in [-0.25, -0.2) is 9.78 Å². The minimum atomic E-state index is -0.977. The molecule has 0 aliphatic carbocycles. The minimum absolute atomic E-state index is 0.109. The lowest BCUT2D eigenvalue weighted by Crippen LogP contribution is -2.30. The Hall–Kier alpha value is -1.42. The third-order valence-corrected chi connectivity index (χ3v) is 2.53. The van der Waals surface area contributed by atoms with Gasteiger partial charge in [0.1, 0.15) is 5.69 Å². The first-order valence-electron chi connectivity index (χ1n) is 5.47. The van der Waals surface area contributed by atoms with Crippen molar-refractivity contribution >= 4 is 5.97 Å². The van der Waals surface area contributed by atoms with Crippen LogP contribution in [0.2, 0.25) is 0 Å². The summed E-state index contributed by atoms with van der Waals surface area (Å²) in [5.41, 5.74) is 0.910. The zero-order valence-electron chi connectivity index (χ0n) is 9.97. The summed E-state index contributed by atoms with van der Waals surface area (Å²) in [6.07, 6.45) is 0. The monoisotopic (exact) mass is 222 g/mol. The number of carbonyl (C=O) groups is 1. The molecule has 1 rings (SSSR count). The van der Waals surface area contributed by atoms with Gasteiger partial charge in [0.05, 0.1) is 5.69 Å². The molecule has 88 valence electrons. The molecule has 0 bridgehead atoms. The van der Waals surface area contributed by atoms with Crippen LogP contribution >= 0.6 is 0 Å². The molecular formula is C12H18N2O2. The SMILES string of the molecule is CCN(Cc1cccc(C(=O)O)n1)C(C)C. The molecule has 0 atom stereocenters. The van der Waals surface area contributed by atoms with Crippen LogP contribution in [0.1, 0.15) is 37.0 Å². The van der Waals surface area contributed by atoms with Gasteiger partial charge in [-0.05, 0) is 32.5 Å². The van der Waals surface area contributed by atoms with Gasteiger partial charge in [-0.3, -0.25) is 4.90 Å². The van der Waals surface area contributed by atoms with Crippen LogP contribution in [-0.4, -0.2) is 33.5 Å². The number of pyridine rings is 1. The van der Waals surface area contributed by atoms with Crippen LogP contribution in [0.25, 0.3) is 0 Å². The molecule has 16 heavy (non-hydrogen) atoms. The molecule has 0 unspecified atom stereocenters. The maximum absolute atomic E-state index is 10.8. The molecule has 1 aromatic rings. The van der Waals surface area contributed by atoms with Crippen LogP contribution in [0.4, 0.5) is 0 Å². The number of aromatic carboxylic acids is 1. The molecule has 0 aromatic carbocycles. The summed E-state index contributed by atoms with van der Waals surface area (Å²) in [5, 5.41) is 8.83. The van der Waals surface area contributed by atoms with Crippen LogP contribution in [-0.2, 0) is 6.54 Å². The highest BCUT2D eigenvalue weighted by Crippen LogP contribution is 2.06. The summed E-state index contributed by atoms with van der Waals surface area (Å²) in [6, 6.07) is 5.54. The summed E-state index contributed by atoms with van der Waals surface area (Å²) < 4.78 is 0. The molecule has 0 spiro atoms. The van der Waals surface area contributed by atoms with E-state index in [0.717, 1.165) is 12.2 Å². The number of carboxylic acids is 1. The smallest absolute Gasteiger partial charge is 0.354 e. The Morgan fingerprint density at radius 2 is 2.19 bits per heavy atom. The van der Waals surface area contributed by atoms with Crippen molar-refractivity contribution in [1.82, 2.24) is 9.88 Å². The molecule has 1 heterocycles. The maximum atomic E-state index is 10.8. The van der Waals surface area contributed by atoms with Gasteiger partial charge in [-0.15, -0.1) is 0 Å². The first-order valence-corrected chi connectivity index (χ1v) is 5.47. The molecule has 1 aromatic heterocycles. The van der Waals surface area contributed by atoms with E-state index in [-0.39, 0.29) is 5.69 Å². The van der Waals surface area contributed by atoms with E-state index in [2.05, 4.69) is 30.7 Å². The molecule has 4 nitrogen and oxygen atoms in total. The average molecular weight is 222 g/mol. The Labute approximate surface area is 95.9 Å².